The monoisotopic (exact) mass is 460 g/mol. The third-order valence-corrected chi connectivity index (χ3v) is 7.17. The van der Waals surface area contributed by atoms with Crippen molar-refractivity contribution < 1.29 is 9.59 Å². The highest BCUT2D eigenvalue weighted by atomic mass is 16.2. The number of hydrogen-bond acceptors (Lipinski definition) is 7. The van der Waals surface area contributed by atoms with Gasteiger partial charge in [0.15, 0.2) is 0 Å². The third kappa shape index (κ3) is 3.45. The molecule has 34 heavy (non-hydrogen) atoms. The number of carbonyl (C=O) groups is 2. The standard InChI is InChI=1S/C24H28N8O2/c33-21(31-12-10-25-11-13-31)16-4-6-18(7-5-16)27-23-26-15-17-14-19-29-30-22(34)24(8-2-1-3-9-24)32(19)20(17)28-23/h4-7,14-15,25,29H,1-3,8-13H2,(H,30,34)(H,26,27,28). The molecule has 1 saturated heterocycles. The van der Waals surface area contributed by atoms with Gasteiger partial charge in [-0.25, -0.2) is 4.98 Å². The van der Waals surface area contributed by atoms with E-state index >= 15 is 0 Å². The normalized spacial score (nSPS) is 19.4. The summed E-state index contributed by atoms with van der Waals surface area (Å²) in [5, 5.41) is 7.39. The molecule has 0 bridgehead atoms. The second kappa shape index (κ2) is 8.28. The van der Waals surface area contributed by atoms with E-state index in [2.05, 4.69) is 31.0 Å². The SMILES string of the molecule is O=C(c1ccc(Nc2ncc3cc4n(c3n2)C2(CCCCC2)C(=O)NN4)cc1)N1CCNCC1. The van der Waals surface area contributed by atoms with Crippen molar-refractivity contribution in [1.29, 1.82) is 0 Å². The molecule has 6 rings (SSSR count). The topological polar surface area (TPSA) is 116 Å². The number of anilines is 3. The number of nitrogens with one attached hydrogen (secondary N) is 4. The van der Waals surface area contributed by atoms with Gasteiger partial charge in [0, 0.05) is 49.0 Å². The molecule has 4 N–H and O–H groups in total. The number of hydrazine groups is 1. The van der Waals surface area contributed by atoms with Crippen LogP contribution in [0.25, 0.3) is 11.0 Å². The van der Waals surface area contributed by atoms with Crippen LogP contribution in [0.15, 0.2) is 36.5 Å². The lowest BCUT2D eigenvalue weighted by Crippen LogP contribution is -2.55. The minimum atomic E-state index is -0.613. The van der Waals surface area contributed by atoms with Gasteiger partial charge >= 0.3 is 0 Å². The molecule has 0 atom stereocenters. The van der Waals surface area contributed by atoms with Crippen molar-refractivity contribution in [3.8, 4) is 0 Å². The Morgan fingerprint density at radius 3 is 2.56 bits per heavy atom. The van der Waals surface area contributed by atoms with Gasteiger partial charge in [-0.15, -0.1) is 0 Å². The van der Waals surface area contributed by atoms with E-state index < -0.39 is 5.54 Å². The summed E-state index contributed by atoms with van der Waals surface area (Å²) in [6, 6.07) is 9.37. The van der Waals surface area contributed by atoms with E-state index in [1.165, 1.54) is 0 Å². The summed E-state index contributed by atoms with van der Waals surface area (Å²) in [6.07, 6.45) is 6.55. The first-order valence-corrected chi connectivity index (χ1v) is 12.0. The molecule has 2 fully saturated rings. The number of fused-ring (bicyclic) bond motifs is 4. The van der Waals surface area contributed by atoms with Crippen LogP contribution in [-0.4, -0.2) is 57.4 Å². The summed E-state index contributed by atoms with van der Waals surface area (Å²) in [5.74, 6) is 1.33. The maximum atomic E-state index is 13.0. The molecule has 2 aromatic heterocycles. The highest BCUT2D eigenvalue weighted by molar-refractivity contribution is 5.95. The Morgan fingerprint density at radius 2 is 1.79 bits per heavy atom. The van der Waals surface area contributed by atoms with Crippen LogP contribution in [0, 0.1) is 0 Å². The van der Waals surface area contributed by atoms with Gasteiger partial charge in [0.1, 0.15) is 17.0 Å². The summed E-state index contributed by atoms with van der Waals surface area (Å²) in [4.78, 5) is 36.8. The fraction of sp³-hybridized carbons (Fsp3) is 0.417. The zero-order chi connectivity index (χ0) is 23.1. The first-order chi connectivity index (χ1) is 16.6. The van der Waals surface area contributed by atoms with E-state index in [1.54, 1.807) is 6.20 Å². The number of rotatable bonds is 3. The number of piperazine rings is 1. The van der Waals surface area contributed by atoms with E-state index in [0.29, 0.717) is 11.5 Å². The Bertz CT molecular complexity index is 1240. The Kier molecular flexibility index (Phi) is 5.09. The Balaban J connectivity index is 1.28. The maximum Gasteiger partial charge on any atom is 0.264 e. The molecule has 3 aromatic rings. The van der Waals surface area contributed by atoms with Crippen LogP contribution >= 0.6 is 0 Å². The smallest absolute Gasteiger partial charge is 0.264 e. The maximum absolute atomic E-state index is 13.0. The summed E-state index contributed by atoms with van der Waals surface area (Å²) in [5.41, 5.74) is 7.45. The zero-order valence-corrected chi connectivity index (χ0v) is 18.9. The second-order valence-electron chi connectivity index (χ2n) is 9.25. The van der Waals surface area contributed by atoms with Crippen LogP contribution in [0.3, 0.4) is 0 Å². The van der Waals surface area contributed by atoms with Crippen molar-refractivity contribution in [3.63, 3.8) is 0 Å². The Labute approximate surface area is 197 Å². The number of carbonyl (C=O) groups excluding carboxylic acids is 2. The first kappa shape index (κ1) is 20.9. The van der Waals surface area contributed by atoms with Gasteiger partial charge < -0.3 is 15.5 Å². The number of hydrogen-bond donors (Lipinski definition) is 4. The number of aromatic nitrogens is 3. The predicted octanol–water partition coefficient (Wildman–Crippen LogP) is 2.34. The van der Waals surface area contributed by atoms with Crippen LogP contribution in [0.5, 0.6) is 0 Å². The molecule has 10 nitrogen and oxygen atoms in total. The molecule has 0 radical (unpaired) electrons. The van der Waals surface area contributed by atoms with E-state index in [0.717, 1.165) is 80.8 Å². The molecular weight excluding hydrogens is 432 g/mol. The molecule has 0 unspecified atom stereocenters. The van der Waals surface area contributed by atoms with Gasteiger partial charge in [-0.2, -0.15) is 4.98 Å². The molecule has 4 heterocycles. The van der Waals surface area contributed by atoms with Crippen LogP contribution < -0.4 is 21.5 Å². The summed E-state index contributed by atoms with van der Waals surface area (Å²) >= 11 is 0. The van der Waals surface area contributed by atoms with Gasteiger partial charge in [-0.1, -0.05) is 19.3 Å². The van der Waals surface area contributed by atoms with Crippen LogP contribution in [0.4, 0.5) is 17.5 Å². The molecular formula is C24H28N8O2. The lowest BCUT2D eigenvalue weighted by molar-refractivity contribution is -0.131. The zero-order valence-electron chi connectivity index (χ0n) is 18.9. The highest BCUT2D eigenvalue weighted by Crippen LogP contribution is 2.42. The molecule has 1 spiro atoms. The molecule has 1 aliphatic carbocycles. The van der Waals surface area contributed by atoms with Gasteiger partial charge in [0.2, 0.25) is 5.95 Å². The summed E-state index contributed by atoms with van der Waals surface area (Å²) < 4.78 is 2.06. The Morgan fingerprint density at radius 1 is 1.03 bits per heavy atom. The predicted molar refractivity (Wildman–Crippen MR) is 129 cm³/mol. The summed E-state index contributed by atoms with van der Waals surface area (Å²) in [7, 11) is 0. The highest BCUT2D eigenvalue weighted by Gasteiger charge is 2.46. The van der Waals surface area contributed by atoms with E-state index in [4.69, 9.17) is 4.98 Å². The number of nitrogens with zero attached hydrogens (tertiary/aromatic N) is 4. The number of amides is 2. The van der Waals surface area contributed by atoms with Crippen LogP contribution in [0.1, 0.15) is 42.5 Å². The molecule has 1 saturated carbocycles. The van der Waals surface area contributed by atoms with Gasteiger partial charge in [-0.3, -0.25) is 25.0 Å². The third-order valence-electron chi connectivity index (χ3n) is 7.17. The minimum absolute atomic E-state index is 0.00457. The fourth-order valence-electron chi connectivity index (χ4n) is 5.38. The average molecular weight is 461 g/mol. The number of benzene rings is 1. The fourth-order valence-corrected chi connectivity index (χ4v) is 5.38. The van der Waals surface area contributed by atoms with E-state index in [1.807, 2.05) is 35.2 Å². The lowest BCUT2D eigenvalue weighted by atomic mass is 9.80. The van der Waals surface area contributed by atoms with E-state index in [-0.39, 0.29) is 11.8 Å². The lowest BCUT2D eigenvalue weighted by Gasteiger charge is -2.41. The van der Waals surface area contributed by atoms with Crippen molar-refractivity contribution >= 4 is 40.3 Å². The van der Waals surface area contributed by atoms with Crippen molar-refractivity contribution in [2.45, 2.75) is 37.6 Å². The van der Waals surface area contributed by atoms with Gasteiger partial charge in [0.25, 0.3) is 11.8 Å². The largest absolute Gasteiger partial charge is 0.336 e. The quantitative estimate of drug-likeness (QED) is 0.474. The molecule has 2 aliphatic heterocycles. The minimum Gasteiger partial charge on any atom is -0.336 e. The van der Waals surface area contributed by atoms with Crippen LogP contribution in [-0.2, 0) is 10.3 Å². The van der Waals surface area contributed by atoms with Gasteiger partial charge in [-0.05, 0) is 43.2 Å². The molecule has 10 heteroatoms. The molecule has 176 valence electrons. The molecule has 2 amide bonds. The van der Waals surface area contributed by atoms with Gasteiger partial charge in [0.05, 0.1) is 0 Å². The van der Waals surface area contributed by atoms with Crippen molar-refractivity contribution in [2.24, 2.45) is 0 Å². The summed E-state index contributed by atoms with van der Waals surface area (Å²) in [6.45, 7) is 3.10. The van der Waals surface area contributed by atoms with Crippen LogP contribution in [0.2, 0.25) is 0 Å². The first-order valence-electron chi connectivity index (χ1n) is 12.0. The molecule has 3 aliphatic rings. The van der Waals surface area contributed by atoms with Crippen molar-refractivity contribution in [3.05, 3.63) is 42.1 Å². The molecule has 1 aromatic carbocycles. The Hall–Kier alpha value is -3.66. The average Bonchev–Trinajstić information content (AvgIpc) is 3.26. The van der Waals surface area contributed by atoms with E-state index in [9.17, 15) is 9.59 Å². The second-order valence-corrected chi connectivity index (χ2v) is 9.25. The van der Waals surface area contributed by atoms with Crippen molar-refractivity contribution in [2.75, 3.05) is 36.9 Å². The van der Waals surface area contributed by atoms with Crippen molar-refractivity contribution in [1.82, 2.24) is 30.2 Å².